The first-order valence-corrected chi connectivity index (χ1v) is 9.48. The predicted octanol–water partition coefficient (Wildman–Crippen LogP) is 7.83. The summed E-state index contributed by atoms with van der Waals surface area (Å²) in [6.07, 6.45) is 1.62. The van der Waals surface area contributed by atoms with Gasteiger partial charge >= 0.3 is 0 Å². The third-order valence-corrected chi connectivity index (χ3v) is 6.13. The molecule has 1 heterocycles. The van der Waals surface area contributed by atoms with Gasteiger partial charge in [0.05, 0.1) is 42.4 Å². The van der Waals surface area contributed by atoms with Crippen LogP contribution in [-0.2, 0) is 6.61 Å². The zero-order valence-corrected chi connectivity index (χ0v) is 17.4. The maximum atomic E-state index is 9.80. The van der Waals surface area contributed by atoms with Crippen molar-refractivity contribution in [1.82, 2.24) is 4.98 Å². The molecule has 0 bridgehead atoms. The van der Waals surface area contributed by atoms with Crippen molar-refractivity contribution in [2.75, 3.05) is 0 Å². The van der Waals surface area contributed by atoms with E-state index in [1.807, 2.05) is 0 Å². The lowest BCUT2D eigenvalue weighted by Gasteiger charge is -2.12. The summed E-state index contributed by atoms with van der Waals surface area (Å²) in [4.78, 5) is 4.44. The summed E-state index contributed by atoms with van der Waals surface area (Å²) in [5.41, 5.74) is 3.27. The summed E-state index contributed by atoms with van der Waals surface area (Å²) in [6, 6.07) is 8.40. The Hall–Kier alpha value is -0.710. The lowest BCUT2D eigenvalue weighted by Crippen LogP contribution is -1.95. The van der Waals surface area contributed by atoms with E-state index in [1.165, 1.54) is 0 Å². The van der Waals surface area contributed by atoms with Gasteiger partial charge in [-0.3, -0.25) is 4.98 Å². The number of benzene rings is 2. The van der Waals surface area contributed by atoms with E-state index in [1.54, 1.807) is 36.5 Å². The molecule has 0 atom stereocenters. The molecule has 1 N–H and O–H groups in total. The Bertz CT molecular complexity index is 959. The Morgan fingerprint density at radius 2 is 1.15 bits per heavy atom. The first-order chi connectivity index (χ1) is 12.3. The van der Waals surface area contributed by atoms with Crippen LogP contribution in [0.1, 0.15) is 5.56 Å². The quantitative estimate of drug-likeness (QED) is 0.398. The highest BCUT2D eigenvalue weighted by molar-refractivity contribution is 6.49. The van der Waals surface area contributed by atoms with Crippen LogP contribution < -0.4 is 0 Å². The van der Waals surface area contributed by atoms with Gasteiger partial charge in [-0.2, -0.15) is 0 Å². The molecule has 0 aliphatic heterocycles. The summed E-state index contributed by atoms with van der Waals surface area (Å²) in [5, 5.41) is 11.6. The molecule has 2 aromatic carbocycles. The SMILES string of the molecule is OCc1cc(-c2cc(Cl)c(Cl)c(Cl)c2)ncc1-c1cc(Cl)c(Cl)c(Cl)c1. The van der Waals surface area contributed by atoms with Crippen LogP contribution in [0.5, 0.6) is 0 Å². The number of aliphatic hydroxyl groups is 1. The molecule has 0 unspecified atom stereocenters. The van der Waals surface area contributed by atoms with Crippen molar-refractivity contribution in [2.24, 2.45) is 0 Å². The van der Waals surface area contributed by atoms with Crippen LogP contribution in [0.15, 0.2) is 36.5 Å². The van der Waals surface area contributed by atoms with Crippen LogP contribution in [-0.4, -0.2) is 10.1 Å². The zero-order valence-electron chi connectivity index (χ0n) is 12.8. The molecular formula is C18H9Cl6NO. The highest BCUT2D eigenvalue weighted by Crippen LogP contribution is 2.38. The zero-order chi connectivity index (χ0) is 19.0. The highest BCUT2D eigenvalue weighted by Gasteiger charge is 2.14. The Morgan fingerprint density at radius 1 is 0.692 bits per heavy atom. The largest absolute Gasteiger partial charge is 0.392 e. The van der Waals surface area contributed by atoms with Crippen molar-refractivity contribution in [2.45, 2.75) is 6.61 Å². The van der Waals surface area contributed by atoms with Crippen molar-refractivity contribution >= 4 is 69.6 Å². The van der Waals surface area contributed by atoms with Crippen LogP contribution in [0, 0.1) is 0 Å². The van der Waals surface area contributed by atoms with Gasteiger partial charge in [0.2, 0.25) is 0 Å². The third-order valence-electron chi connectivity index (χ3n) is 3.73. The Morgan fingerprint density at radius 3 is 1.62 bits per heavy atom. The second kappa shape index (κ2) is 8.12. The predicted molar refractivity (Wildman–Crippen MR) is 111 cm³/mol. The van der Waals surface area contributed by atoms with E-state index in [0.717, 1.165) is 0 Å². The fraction of sp³-hybridized carbons (Fsp3) is 0.0556. The average molecular weight is 468 g/mol. The second-order valence-electron chi connectivity index (χ2n) is 5.39. The third kappa shape index (κ3) is 3.93. The van der Waals surface area contributed by atoms with Gasteiger partial charge in [-0.15, -0.1) is 0 Å². The fourth-order valence-electron chi connectivity index (χ4n) is 2.46. The van der Waals surface area contributed by atoms with E-state index >= 15 is 0 Å². The molecule has 3 aromatic rings. The van der Waals surface area contributed by atoms with Gasteiger partial charge in [0, 0.05) is 17.3 Å². The highest BCUT2D eigenvalue weighted by atomic mass is 35.5. The van der Waals surface area contributed by atoms with Gasteiger partial charge < -0.3 is 5.11 Å². The molecule has 0 spiro atoms. The normalized spacial score (nSPS) is 11.0. The van der Waals surface area contributed by atoms with Crippen molar-refractivity contribution in [3.8, 4) is 22.4 Å². The van der Waals surface area contributed by atoms with Gasteiger partial charge in [0.15, 0.2) is 0 Å². The maximum Gasteiger partial charge on any atom is 0.0778 e. The molecule has 0 radical (unpaired) electrons. The number of halogens is 6. The van der Waals surface area contributed by atoms with E-state index < -0.39 is 0 Å². The first-order valence-electron chi connectivity index (χ1n) is 7.21. The molecule has 0 aliphatic rings. The molecular weight excluding hydrogens is 459 g/mol. The average Bonchev–Trinajstić information content (AvgIpc) is 2.62. The standard InChI is InChI=1S/C18H9Cl6NO/c19-12-1-8(2-13(20)17(12)23)11-6-25-16(5-10(11)7-26)9-3-14(21)18(24)15(22)4-9/h1-6,26H,7H2. The number of hydrogen-bond acceptors (Lipinski definition) is 2. The van der Waals surface area contributed by atoms with E-state index in [9.17, 15) is 5.11 Å². The summed E-state index contributed by atoms with van der Waals surface area (Å²) < 4.78 is 0. The van der Waals surface area contributed by atoms with Gasteiger partial charge in [0.1, 0.15) is 0 Å². The van der Waals surface area contributed by atoms with Crippen molar-refractivity contribution in [3.63, 3.8) is 0 Å². The van der Waals surface area contributed by atoms with Crippen molar-refractivity contribution in [1.29, 1.82) is 0 Å². The van der Waals surface area contributed by atoms with Crippen LogP contribution in [0.3, 0.4) is 0 Å². The van der Waals surface area contributed by atoms with E-state index in [-0.39, 0.29) is 16.7 Å². The van der Waals surface area contributed by atoms with Crippen molar-refractivity contribution < 1.29 is 5.11 Å². The minimum atomic E-state index is -0.211. The van der Waals surface area contributed by atoms with Crippen LogP contribution in [0.2, 0.25) is 30.1 Å². The molecule has 26 heavy (non-hydrogen) atoms. The fourth-order valence-corrected chi connectivity index (χ4v) is 3.65. The summed E-state index contributed by atoms with van der Waals surface area (Å²) in [5.74, 6) is 0. The van der Waals surface area contributed by atoms with Gasteiger partial charge in [-0.1, -0.05) is 69.6 Å². The summed E-state index contributed by atoms with van der Waals surface area (Å²) in [6.45, 7) is -0.211. The number of nitrogens with zero attached hydrogens (tertiary/aromatic N) is 1. The number of aliphatic hydroxyl groups excluding tert-OH is 1. The number of rotatable bonds is 3. The van der Waals surface area contributed by atoms with E-state index in [2.05, 4.69) is 4.98 Å². The van der Waals surface area contributed by atoms with Crippen LogP contribution >= 0.6 is 69.6 Å². The van der Waals surface area contributed by atoms with Crippen LogP contribution in [0.4, 0.5) is 0 Å². The number of aromatic nitrogens is 1. The lowest BCUT2D eigenvalue weighted by atomic mass is 10.00. The first kappa shape index (κ1) is 20.0. The minimum absolute atomic E-state index is 0.211. The number of pyridine rings is 1. The van der Waals surface area contributed by atoms with Gasteiger partial charge in [-0.05, 0) is 41.5 Å². The molecule has 2 nitrogen and oxygen atoms in total. The maximum absolute atomic E-state index is 9.80. The van der Waals surface area contributed by atoms with E-state index in [4.69, 9.17) is 69.6 Å². The molecule has 0 fully saturated rings. The Labute approximate surface area is 180 Å². The summed E-state index contributed by atoms with van der Waals surface area (Å²) >= 11 is 36.3. The minimum Gasteiger partial charge on any atom is -0.392 e. The smallest absolute Gasteiger partial charge is 0.0778 e. The van der Waals surface area contributed by atoms with E-state index in [0.29, 0.717) is 48.0 Å². The summed E-state index contributed by atoms with van der Waals surface area (Å²) in [7, 11) is 0. The Kier molecular flexibility index (Phi) is 6.25. The lowest BCUT2D eigenvalue weighted by molar-refractivity contribution is 0.282. The van der Waals surface area contributed by atoms with Gasteiger partial charge in [-0.25, -0.2) is 0 Å². The number of hydrogen-bond donors (Lipinski definition) is 1. The van der Waals surface area contributed by atoms with Crippen LogP contribution in [0.25, 0.3) is 22.4 Å². The topological polar surface area (TPSA) is 33.1 Å². The molecule has 0 amide bonds. The monoisotopic (exact) mass is 465 g/mol. The molecule has 0 saturated heterocycles. The molecule has 3 rings (SSSR count). The Balaban J connectivity index is 2.12. The van der Waals surface area contributed by atoms with Gasteiger partial charge in [0.25, 0.3) is 0 Å². The molecule has 0 saturated carbocycles. The second-order valence-corrected chi connectivity index (χ2v) is 7.78. The van der Waals surface area contributed by atoms with Crippen molar-refractivity contribution in [3.05, 3.63) is 72.2 Å². The molecule has 8 heteroatoms. The molecule has 1 aromatic heterocycles. The molecule has 0 aliphatic carbocycles. The molecule has 134 valence electrons.